The van der Waals surface area contributed by atoms with Crippen LogP contribution in [0.15, 0.2) is 36.7 Å². The van der Waals surface area contributed by atoms with Crippen molar-refractivity contribution in [3.05, 3.63) is 57.9 Å². The Morgan fingerprint density at radius 3 is 2.75 bits per heavy atom. The molecule has 106 valence electrons. The van der Waals surface area contributed by atoms with Gasteiger partial charge in [-0.2, -0.15) is 5.10 Å². The molecular weight excluding hydrogens is 284 g/mol. The lowest BCUT2D eigenvalue weighted by Gasteiger charge is -2.06. The molecule has 9 heteroatoms. The number of aromatic amines is 1. The van der Waals surface area contributed by atoms with Crippen molar-refractivity contribution in [1.29, 1.82) is 0 Å². The minimum absolute atomic E-state index is 0.0828. The summed E-state index contributed by atoms with van der Waals surface area (Å²) in [5.41, 5.74) is 0.620. The Hall–Kier alpha value is -2.26. The number of nitro groups is 1. The van der Waals surface area contributed by atoms with E-state index in [1.807, 2.05) is 0 Å². The van der Waals surface area contributed by atoms with E-state index in [0.29, 0.717) is 5.56 Å². The first kappa shape index (κ1) is 14.2. The Labute approximate surface area is 115 Å². The number of nitro benzene ring substituents is 1. The number of hydrogen-bond acceptors (Lipinski definition) is 5. The van der Waals surface area contributed by atoms with Crippen molar-refractivity contribution < 1.29 is 13.3 Å². The smallest absolute Gasteiger partial charge is 0.273 e. The molecule has 0 fully saturated rings. The molecule has 0 bridgehead atoms. The second kappa shape index (κ2) is 5.80. The third-order valence-corrected chi connectivity index (χ3v) is 3.86. The topological polar surface area (TPSA) is 118 Å². The molecule has 0 radical (unpaired) electrons. The van der Waals surface area contributed by atoms with Gasteiger partial charge in [0.25, 0.3) is 5.69 Å². The SMILES string of the molecule is O=[N+]([O-])c1ccccc1CS(=O)(=O)NCc1cn[nH]c1. The Bertz CT molecular complexity index is 697. The van der Waals surface area contributed by atoms with Crippen LogP contribution in [-0.4, -0.2) is 23.5 Å². The van der Waals surface area contributed by atoms with Gasteiger partial charge in [0.15, 0.2) is 0 Å². The number of para-hydroxylation sites is 1. The lowest BCUT2D eigenvalue weighted by Crippen LogP contribution is -2.24. The van der Waals surface area contributed by atoms with Crippen LogP contribution in [0.1, 0.15) is 11.1 Å². The zero-order chi connectivity index (χ0) is 14.6. The van der Waals surface area contributed by atoms with Gasteiger partial charge in [-0.1, -0.05) is 18.2 Å². The van der Waals surface area contributed by atoms with Gasteiger partial charge in [0.2, 0.25) is 10.0 Å². The fraction of sp³-hybridized carbons (Fsp3) is 0.182. The first-order valence-corrected chi connectivity index (χ1v) is 7.30. The summed E-state index contributed by atoms with van der Waals surface area (Å²) >= 11 is 0. The molecule has 0 spiro atoms. The van der Waals surface area contributed by atoms with E-state index in [2.05, 4.69) is 14.9 Å². The molecule has 2 rings (SSSR count). The lowest BCUT2D eigenvalue weighted by molar-refractivity contribution is -0.385. The third-order valence-electron chi connectivity index (χ3n) is 2.58. The van der Waals surface area contributed by atoms with Crippen molar-refractivity contribution in [2.45, 2.75) is 12.3 Å². The fourth-order valence-corrected chi connectivity index (χ4v) is 2.78. The van der Waals surface area contributed by atoms with Gasteiger partial charge in [-0.3, -0.25) is 15.2 Å². The number of benzene rings is 1. The molecule has 1 heterocycles. The molecule has 2 aromatic rings. The highest BCUT2D eigenvalue weighted by atomic mass is 32.2. The zero-order valence-electron chi connectivity index (χ0n) is 10.3. The minimum Gasteiger partial charge on any atom is -0.285 e. The summed E-state index contributed by atoms with van der Waals surface area (Å²) in [6.45, 7) is 0.0828. The van der Waals surface area contributed by atoms with Crippen LogP contribution >= 0.6 is 0 Å². The summed E-state index contributed by atoms with van der Waals surface area (Å²) < 4.78 is 26.2. The van der Waals surface area contributed by atoms with E-state index in [-0.39, 0.29) is 17.8 Å². The molecule has 0 aliphatic heterocycles. The largest absolute Gasteiger partial charge is 0.285 e. The van der Waals surface area contributed by atoms with E-state index < -0.39 is 20.7 Å². The number of sulfonamides is 1. The zero-order valence-corrected chi connectivity index (χ0v) is 11.1. The molecule has 0 saturated heterocycles. The molecule has 1 aromatic carbocycles. The van der Waals surface area contributed by atoms with E-state index in [0.717, 1.165) is 0 Å². The first-order chi connectivity index (χ1) is 9.48. The van der Waals surface area contributed by atoms with Crippen molar-refractivity contribution in [3.63, 3.8) is 0 Å². The number of nitrogens with zero attached hydrogens (tertiary/aromatic N) is 2. The van der Waals surface area contributed by atoms with Crippen LogP contribution < -0.4 is 4.72 Å². The van der Waals surface area contributed by atoms with Gasteiger partial charge >= 0.3 is 0 Å². The molecule has 0 unspecified atom stereocenters. The maximum absolute atomic E-state index is 11.9. The highest BCUT2D eigenvalue weighted by molar-refractivity contribution is 7.88. The predicted octanol–water partition coefficient (Wildman–Crippen LogP) is 0.938. The number of H-pyrrole nitrogens is 1. The predicted molar refractivity (Wildman–Crippen MR) is 71.1 cm³/mol. The fourth-order valence-electron chi connectivity index (χ4n) is 1.63. The van der Waals surface area contributed by atoms with Gasteiger partial charge in [0.05, 0.1) is 16.9 Å². The molecule has 0 aliphatic carbocycles. The van der Waals surface area contributed by atoms with Crippen LogP contribution in [0.5, 0.6) is 0 Å². The Morgan fingerprint density at radius 2 is 2.10 bits per heavy atom. The van der Waals surface area contributed by atoms with Crippen molar-refractivity contribution in [1.82, 2.24) is 14.9 Å². The second-order valence-corrected chi connectivity index (χ2v) is 5.88. The highest BCUT2D eigenvalue weighted by Crippen LogP contribution is 2.19. The summed E-state index contributed by atoms with van der Waals surface area (Å²) in [5.74, 6) is -0.442. The summed E-state index contributed by atoms with van der Waals surface area (Å²) in [4.78, 5) is 10.2. The van der Waals surface area contributed by atoms with Crippen molar-refractivity contribution in [3.8, 4) is 0 Å². The number of hydrogen-bond donors (Lipinski definition) is 2. The Kier molecular flexibility index (Phi) is 4.11. The average molecular weight is 296 g/mol. The van der Waals surface area contributed by atoms with E-state index >= 15 is 0 Å². The Balaban J connectivity index is 2.10. The maximum Gasteiger partial charge on any atom is 0.273 e. The Morgan fingerprint density at radius 1 is 1.35 bits per heavy atom. The monoisotopic (exact) mass is 296 g/mol. The van der Waals surface area contributed by atoms with Gasteiger partial charge < -0.3 is 0 Å². The highest BCUT2D eigenvalue weighted by Gasteiger charge is 2.19. The molecule has 0 saturated carbocycles. The standard InChI is InChI=1S/C11H12N4O4S/c16-15(17)11-4-2-1-3-10(11)8-20(18,19)14-7-9-5-12-13-6-9/h1-6,14H,7-8H2,(H,12,13). The van der Waals surface area contributed by atoms with Crippen molar-refractivity contribution in [2.24, 2.45) is 0 Å². The molecule has 1 aromatic heterocycles. The van der Waals surface area contributed by atoms with Crippen LogP contribution in [-0.2, 0) is 22.3 Å². The van der Waals surface area contributed by atoms with Gasteiger partial charge in [0, 0.05) is 29.9 Å². The maximum atomic E-state index is 11.9. The summed E-state index contributed by atoms with van der Waals surface area (Å²) in [6.07, 6.45) is 3.06. The van der Waals surface area contributed by atoms with E-state index in [1.165, 1.54) is 24.4 Å². The third kappa shape index (κ3) is 3.62. The second-order valence-electron chi connectivity index (χ2n) is 4.07. The van der Waals surface area contributed by atoms with Crippen LogP contribution in [0.3, 0.4) is 0 Å². The van der Waals surface area contributed by atoms with Crippen LogP contribution in [0.2, 0.25) is 0 Å². The molecule has 8 nitrogen and oxygen atoms in total. The van der Waals surface area contributed by atoms with Crippen LogP contribution in [0.25, 0.3) is 0 Å². The van der Waals surface area contributed by atoms with Crippen molar-refractivity contribution in [2.75, 3.05) is 0 Å². The van der Waals surface area contributed by atoms with Gasteiger partial charge in [-0.25, -0.2) is 13.1 Å². The summed E-state index contributed by atoms with van der Waals surface area (Å²) in [5, 5.41) is 17.1. The van der Waals surface area contributed by atoms with E-state index in [4.69, 9.17) is 0 Å². The molecule has 20 heavy (non-hydrogen) atoms. The molecule has 0 amide bonds. The van der Waals surface area contributed by atoms with Gasteiger partial charge in [0.1, 0.15) is 0 Å². The lowest BCUT2D eigenvalue weighted by atomic mass is 10.2. The molecular formula is C11H12N4O4S. The van der Waals surface area contributed by atoms with Crippen LogP contribution in [0.4, 0.5) is 5.69 Å². The average Bonchev–Trinajstić information content (AvgIpc) is 2.89. The first-order valence-electron chi connectivity index (χ1n) is 5.65. The number of aromatic nitrogens is 2. The molecule has 2 N–H and O–H groups in total. The van der Waals surface area contributed by atoms with Gasteiger partial charge in [-0.15, -0.1) is 0 Å². The molecule has 0 atom stereocenters. The van der Waals surface area contributed by atoms with Crippen LogP contribution in [0, 0.1) is 10.1 Å². The normalized spacial score (nSPS) is 11.4. The quantitative estimate of drug-likeness (QED) is 0.607. The summed E-state index contributed by atoms with van der Waals surface area (Å²) in [7, 11) is -3.66. The minimum atomic E-state index is -3.66. The molecule has 0 aliphatic rings. The van der Waals surface area contributed by atoms with Gasteiger partial charge in [-0.05, 0) is 0 Å². The number of rotatable bonds is 6. The van der Waals surface area contributed by atoms with E-state index in [1.54, 1.807) is 12.3 Å². The number of nitrogens with one attached hydrogen (secondary N) is 2. The van der Waals surface area contributed by atoms with E-state index in [9.17, 15) is 18.5 Å². The van der Waals surface area contributed by atoms with Crippen molar-refractivity contribution >= 4 is 15.7 Å². The summed E-state index contributed by atoms with van der Waals surface area (Å²) in [6, 6.07) is 5.76.